The minimum Gasteiger partial charge on any atom is -0.494 e. The van der Waals surface area contributed by atoms with Crippen LogP contribution in [0.25, 0.3) is 10.8 Å². The van der Waals surface area contributed by atoms with E-state index in [0.717, 1.165) is 10.8 Å². The van der Waals surface area contributed by atoms with Gasteiger partial charge in [0.1, 0.15) is 17.4 Å². The molecular formula is C18H17FN2O. The summed E-state index contributed by atoms with van der Waals surface area (Å²) < 4.78 is 19.4. The molecule has 0 aliphatic heterocycles. The van der Waals surface area contributed by atoms with E-state index in [1.54, 1.807) is 18.3 Å². The molecule has 0 atom stereocenters. The molecule has 0 saturated heterocycles. The second kappa shape index (κ2) is 6.02. The number of fused-ring (bicyclic) bond motifs is 1. The fourth-order valence-electron chi connectivity index (χ4n) is 2.38. The normalized spacial score (nSPS) is 10.7. The van der Waals surface area contributed by atoms with Crippen molar-refractivity contribution in [1.82, 2.24) is 4.98 Å². The molecule has 2 aromatic carbocycles. The molecule has 3 rings (SSSR count). The van der Waals surface area contributed by atoms with E-state index in [1.807, 2.05) is 32.0 Å². The zero-order valence-electron chi connectivity index (χ0n) is 12.6. The summed E-state index contributed by atoms with van der Waals surface area (Å²) in [6.45, 7) is 4.42. The molecule has 0 radical (unpaired) electrons. The monoisotopic (exact) mass is 296 g/mol. The van der Waals surface area contributed by atoms with Crippen LogP contribution in [0.3, 0.4) is 0 Å². The van der Waals surface area contributed by atoms with Crippen molar-refractivity contribution in [2.75, 3.05) is 11.9 Å². The molecule has 112 valence electrons. The number of nitrogens with zero attached hydrogens (tertiary/aromatic N) is 1. The van der Waals surface area contributed by atoms with Crippen molar-refractivity contribution in [3.8, 4) is 5.75 Å². The van der Waals surface area contributed by atoms with E-state index in [0.29, 0.717) is 23.9 Å². The molecule has 3 aromatic rings. The lowest BCUT2D eigenvalue weighted by atomic mass is 10.1. The second-order valence-corrected chi connectivity index (χ2v) is 5.08. The van der Waals surface area contributed by atoms with Gasteiger partial charge in [0.05, 0.1) is 12.3 Å². The van der Waals surface area contributed by atoms with Crippen molar-refractivity contribution < 1.29 is 9.13 Å². The van der Waals surface area contributed by atoms with Gasteiger partial charge in [-0.05, 0) is 37.4 Å². The molecule has 0 bridgehead atoms. The first-order valence-corrected chi connectivity index (χ1v) is 7.22. The van der Waals surface area contributed by atoms with Gasteiger partial charge in [0.2, 0.25) is 0 Å². The maximum Gasteiger partial charge on any atom is 0.150 e. The van der Waals surface area contributed by atoms with Crippen LogP contribution in [-0.2, 0) is 0 Å². The van der Waals surface area contributed by atoms with Crippen molar-refractivity contribution in [2.24, 2.45) is 0 Å². The van der Waals surface area contributed by atoms with Crippen LogP contribution < -0.4 is 10.1 Å². The topological polar surface area (TPSA) is 34.1 Å². The first-order valence-electron chi connectivity index (χ1n) is 7.22. The number of anilines is 2. The van der Waals surface area contributed by atoms with Gasteiger partial charge in [-0.3, -0.25) is 0 Å². The Hall–Kier alpha value is -2.62. The highest BCUT2D eigenvalue weighted by Gasteiger charge is 2.08. The largest absolute Gasteiger partial charge is 0.494 e. The number of pyridine rings is 1. The third-order valence-electron chi connectivity index (χ3n) is 3.42. The zero-order chi connectivity index (χ0) is 15.5. The molecular weight excluding hydrogens is 279 g/mol. The highest BCUT2D eigenvalue weighted by atomic mass is 19.1. The van der Waals surface area contributed by atoms with Gasteiger partial charge in [-0.1, -0.05) is 23.8 Å². The van der Waals surface area contributed by atoms with Gasteiger partial charge >= 0.3 is 0 Å². The van der Waals surface area contributed by atoms with Crippen LogP contribution in [0.1, 0.15) is 12.5 Å². The lowest BCUT2D eigenvalue weighted by molar-refractivity contribution is 0.338. The predicted molar refractivity (Wildman–Crippen MR) is 87.3 cm³/mol. The zero-order valence-corrected chi connectivity index (χ0v) is 12.6. The van der Waals surface area contributed by atoms with Gasteiger partial charge in [0.15, 0.2) is 0 Å². The number of rotatable bonds is 4. The molecule has 0 aliphatic rings. The van der Waals surface area contributed by atoms with E-state index in [4.69, 9.17) is 4.74 Å². The Balaban J connectivity index is 1.96. The van der Waals surface area contributed by atoms with Crippen LogP contribution in [0.2, 0.25) is 0 Å². The third-order valence-corrected chi connectivity index (χ3v) is 3.42. The first kappa shape index (κ1) is 14.3. The quantitative estimate of drug-likeness (QED) is 0.749. The summed E-state index contributed by atoms with van der Waals surface area (Å²) in [6.07, 6.45) is 1.72. The number of ether oxygens (including phenoxy) is 1. The van der Waals surface area contributed by atoms with Crippen molar-refractivity contribution in [3.63, 3.8) is 0 Å². The first-order chi connectivity index (χ1) is 10.7. The van der Waals surface area contributed by atoms with Crippen LogP contribution >= 0.6 is 0 Å². The van der Waals surface area contributed by atoms with Crippen molar-refractivity contribution in [2.45, 2.75) is 13.8 Å². The van der Waals surface area contributed by atoms with Crippen LogP contribution in [0, 0.1) is 12.7 Å². The summed E-state index contributed by atoms with van der Waals surface area (Å²) in [7, 11) is 0. The van der Waals surface area contributed by atoms with Gasteiger partial charge in [-0.2, -0.15) is 0 Å². The smallest absolute Gasteiger partial charge is 0.150 e. The summed E-state index contributed by atoms with van der Waals surface area (Å²) in [4.78, 5) is 4.32. The average molecular weight is 296 g/mol. The summed E-state index contributed by atoms with van der Waals surface area (Å²) >= 11 is 0. The van der Waals surface area contributed by atoms with Crippen LogP contribution in [0.5, 0.6) is 5.75 Å². The number of aromatic nitrogens is 1. The van der Waals surface area contributed by atoms with E-state index >= 15 is 0 Å². The maximum atomic E-state index is 14.2. The fourth-order valence-corrected chi connectivity index (χ4v) is 2.38. The Labute approximate surface area is 128 Å². The standard InChI is InChI=1S/C18H17FN2O/c1-3-22-14-5-7-17(16(19)11-14)21-18-15-6-4-12(2)10-13(15)8-9-20-18/h4-11H,3H2,1-2H3,(H,20,21). The van der Waals surface area contributed by atoms with Crippen molar-refractivity contribution in [1.29, 1.82) is 0 Å². The SMILES string of the molecule is CCOc1ccc(Nc2nccc3cc(C)ccc23)c(F)c1. The van der Waals surface area contributed by atoms with E-state index in [-0.39, 0.29) is 5.82 Å². The third kappa shape index (κ3) is 2.86. The minimum atomic E-state index is -0.364. The van der Waals surface area contributed by atoms with Crippen LogP contribution in [-0.4, -0.2) is 11.6 Å². The molecule has 1 N–H and O–H groups in total. The van der Waals surface area contributed by atoms with E-state index in [1.165, 1.54) is 11.6 Å². The molecule has 0 spiro atoms. The molecule has 0 unspecified atom stereocenters. The number of aryl methyl sites for hydroxylation is 1. The Kier molecular flexibility index (Phi) is 3.92. The number of hydrogen-bond acceptors (Lipinski definition) is 3. The Bertz CT molecular complexity index is 817. The molecule has 3 nitrogen and oxygen atoms in total. The van der Waals surface area contributed by atoms with E-state index in [2.05, 4.69) is 16.4 Å². The average Bonchev–Trinajstić information content (AvgIpc) is 2.50. The molecule has 4 heteroatoms. The van der Waals surface area contributed by atoms with Gasteiger partial charge < -0.3 is 10.1 Å². The van der Waals surface area contributed by atoms with Crippen LogP contribution in [0.4, 0.5) is 15.9 Å². The van der Waals surface area contributed by atoms with Crippen molar-refractivity contribution >= 4 is 22.3 Å². The molecule has 1 heterocycles. The summed E-state index contributed by atoms with van der Waals surface area (Å²) in [5.41, 5.74) is 1.56. The number of halogens is 1. The van der Waals surface area contributed by atoms with Gasteiger partial charge in [0, 0.05) is 17.6 Å². The highest BCUT2D eigenvalue weighted by Crippen LogP contribution is 2.28. The molecule has 0 aliphatic carbocycles. The lowest BCUT2D eigenvalue weighted by Crippen LogP contribution is -1.98. The van der Waals surface area contributed by atoms with E-state index < -0.39 is 0 Å². The van der Waals surface area contributed by atoms with Gasteiger partial charge in [0.25, 0.3) is 0 Å². The van der Waals surface area contributed by atoms with Gasteiger partial charge in [-0.15, -0.1) is 0 Å². The molecule has 22 heavy (non-hydrogen) atoms. The summed E-state index contributed by atoms with van der Waals surface area (Å²) in [5.74, 6) is 0.796. The molecule has 0 fully saturated rings. The second-order valence-electron chi connectivity index (χ2n) is 5.08. The molecule has 0 amide bonds. The predicted octanol–water partition coefficient (Wildman–Crippen LogP) is 4.82. The Morgan fingerprint density at radius 1 is 1.14 bits per heavy atom. The van der Waals surface area contributed by atoms with E-state index in [9.17, 15) is 4.39 Å². The number of benzene rings is 2. The Morgan fingerprint density at radius 2 is 2.00 bits per heavy atom. The number of hydrogen-bond donors (Lipinski definition) is 1. The Morgan fingerprint density at radius 3 is 2.77 bits per heavy atom. The minimum absolute atomic E-state index is 0.364. The summed E-state index contributed by atoms with van der Waals surface area (Å²) in [6, 6.07) is 12.8. The number of nitrogens with one attached hydrogen (secondary N) is 1. The molecule has 0 saturated carbocycles. The fraction of sp³-hybridized carbons (Fsp3) is 0.167. The molecule has 1 aromatic heterocycles. The van der Waals surface area contributed by atoms with Gasteiger partial charge in [-0.25, -0.2) is 9.37 Å². The van der Waals surface area contributed by atoms with Crippen molar-refractivity contribution in [3.05, 3.63) is 60.0 Å². The lowest BCUT2D eigenvalue weighted by Gasteiger charge is -2.11. The maximum absolute atomic E-state index is 14.2. The van der Waals surface area contributed by atoms with Crippen LogP contribution in [0.15, 0.2) is 48.7 Å². The highest BCUT2D eigenvalue weighted by molar-refractivity contribution is 5.93. The summed E-state index contributed by atoms with van der Waals surface area (Å²) in [5, 5.41) is 5.09.